The summed E-state index contributed by atoms with van der Waals surface area (Å²) in [7, 11) is -3.32. The Hall–Kier alpha value is -2.91. The first-order chi connectivity index (χ1) is 15.7. The van der Waals surface area contributed by atoms with E-state index in [1.807, 2.05) is 24.3 Å². The van der Waals surface area contributed by atoms with Crippen LogP contribution >= 0.6 is 0 Å². The Labute approximate surface area is 193 Å². The number of nitrogens with two attached hydrogens (primary N) is 1. The number of hydrogen-bond acceptors (Lipinski definition) is 5. The molecule has 174 valence electrons. The Morgan fingerprint density at radius 1 is 0.909 bits per heavy atom. The molecule has 2 aliphatic carbocycles. The third-order valence-electron chi connectivity index (χ3n) is 6.62. The Morgan fingerprint density at radius 3 is 2.15 bits per heavy atom. The van der Waals surface area contributed by atoms with E-state index < -0.39 is 15.6 Å². The minimum atomic E-state index is -3.32. The van der Waals surface area contributed by atoms with Gasteiger partial charge in [-0.05, 0) is 61.1 Å². The number of carbonyl (C=O) groups is 2. The lowest BCUT2D eigenvalue weighted by atomic mass is 10.0. The second kappa shape index (κ2) is 8.14. The molecule has 2 saturated carbocycles. The zero-order valence-electron chi connectivity index (χ0n) is 18.4. The standard InChI is InChI=1S/C24H28N4O4S/c25-24(10-11-24)23(30)28-14-12-27(13-15-28)22(29)18-6-4-17(5-7-18)19-2-1-3-20(16-19)26-33(31,32)21-8-9-21/h1-7,16,21,26H,8-15,25H2. The van der Waals surface area contributed by atoms with Crippen LogP contribution in [0.25, 0.3) is 11.1 Å². The highest BCUT2D eigenvalue weighted by atomic mass is 32.2. The van der Waals surface area contributed by atoms with Gasteiger partial charge in [-0.3, -0.25) is 14.3 Å². The van der Waals surface area contributed by atoms with Crippen LogP contribution in [0.15, 0.2) is 48.5 Å². The molecule has 0 spiro atoms. The molecule has 3 N–H and O–H groups in total. The zero-order valence-corrected chi connectivity index (χ0v) is 19.2. The molecule has 33 heavy (non-hydrogen) atoms. The molecule has 0 aromatic heterocycles. The number of amides is 2. The summed E-state index contributed by atoms with van der Waals surface area (Å²) in [6.07, 6.45) is 2.91. The first-order valence-electron chi connectivity index (χ1n) is 11.3. The van der Waals surface area contributed by atoms with Crippen molar-refractivity contribution in [2.45, 2.75) is 36.5 Å². The van der Waals surface area contributed by atoms with E-state index in [-0.39, 0.29) is 17.1 Å². The second-order valence-corrected chi connectivity index (χ2v) is 11.2. The van der Waals surface area contributed by atoms with E-state index in [0.717, 1.165) is 24.0 Å². The number of sulfonamides is 1. The van der Waals surface area contributed by atoms with Crippen LogP contribution in [-0.4, -0.2) is 67.0 Å². The molecule has 3 aliphatic rings. The SMILES string of the molecule is NC1(C(=O)N2CCN(C(=O)c3ccc(-c4cccc(NS(=O)(=O)C5CC5)c4)cc3)CC2)CC1. The summed E-state index contributed by atoms with van der Waals surface area (Å²) in [4.78, 5) is 28.9. The number of benzene rings is 2. The minimum absolute atomic E-state index is 0.000559. The number of nitrogens with one attached hydrogen (secondary N) is 1. The number of rotatable bonds is 6. The van der Waals surface area contributed by atoms with E-state index in [4.69, 9.17) is 5.73 Å². The van der Waals surface area contributed by atoms with E-state index in [1.54, 1.807) is 34.1 Å². The van der Waals surface area contributed by atoms with Crippen LogP contribution < -0.4 is 10.5 Å². The van der Waals surface area contributed by atoms with Crippen molar-refractivity contribution in [2.24, 2.45) is 5.73 Å². The van der Waals surface area contributed by atoms with Gasteiger partial charge in [0.15, 0.2) is 0 Å². The maximum absolute atomic E-state index is 12.9. The first-order valence-corrected chi connectivity index (χ1v) is 12.9. The normalized spacial score (nSPS) is 19.8. The smallest absolute Gasteiger partial charge is 0.253 e. The monoisotopic (exact) mass is 468 g/mol. The largest absolute Gasteiger partial charge is 0.338 e. The molecule has 5 rings (SSSR count). The summed E-state index contributed by atoms with van der Waals surface area (Å²) < 4.78 is 27.1. The molecule has 8 nitrogen and oxygen atoms in total. The Bertz CT molecular complexity index is 1180. The van der Waals surface area contributed by atoms with Crippen LogP contribution in [0.5, 0.6) is 0 Å². The Morgan fingerprint density at radius 2 is 1.55 bits per heavy atom. The molecule has 1 aliphatic heterocycles. The van der Waals surface area contributed by atoms with E-state index >= 15 is 0 Å². The topological polar surface area (TPSA) is 113 Å². The number of carbonyl (C=O) groups excluding carboxylic acids is 2. The van der Waals surface area contributed by atoms with Crippen LogP contribution in [0, 0.1) is 0 Å². The molecule has 2 aromatic carbocycles. The summed E-state index contributed by atoms with van der Waals surface area (Å²) in [5.41, 5.74) is 8.24. The molecule has 0 atom stereocenters. The molecule has 0 radical (unpaired) electrons. The van der Waals surface area contributed by atoms with Crippen molar-refractivity contribution in [3.63, 3.8) is 0 Å². The number of piperazine rings is 1. The molecule has 0 bridgehead atoms. The van der Waals surface area contributed by atoms with Gasteiger partial charge in [-0.2, -0.15) is 0 Å². The molecule has 9 heteroatoms. The second-order valence-electron chi connectivity index (χ2n) is 9.25. The fraction of sp³-hybridized carbons (Fsp3) is 0.417. The number of nitrogens with zero attached hydrogens (tertiary/aromatic N) is 2. The number of anilines is 1. The molecule has 3 fully saturated rings. The van der Waals surface area contributed by atoms with Gasteiger partial charge >= 0.3 is 0 Å². The number of hydrogen-bond donors (Lipinski definition) is 2. The lowest BCUT2D eigenvalue weighted by Crippen LogP contribution is -2.55. The van der Waals surface area contributed by atoms with Crippen molar-refractivity contribution < 1.29 is 18.0 Å². The Kier molecular flexibility index (Phi) is 5.41. The van der Waals surface area contributed by atoms with Crippen molar-refractivity contribution >= 4 is 27.5 Å². The van der Waals surface area contributed by atoms with Crippen molar-refractivity contribution in [1.82, 2.24) is 9.80 Å². The highest BCUT2D eigenvalue weighted by Gasteiger charge is 2.48. The van der Waals surface area contributed by atoms with Gasteiger partial charge in [-0.25, -0.2) is 8.42 Å². The Balaban J connectivity index is 1.22. The van der Waals surface area contributed by atoms with Gasteiger partial charge < -0.3 is 15.5 Å². The summed E-state index contributed by atoms with van der Waals surface area (Å²) in [5.74, 6) is -0.0610. The van der Waals surface area contributed by atoms with E-state index in [9.17, 15) is 18.0 Å². The molecule has 1 heterocycles. The van der Waals surface area contributed by atoms with Crippen molar-refractivity contribution in [3.05, 3.63) is 54.1 Å². The van der Waals surface area contributed by atoms with Gasteiger partial charge in [0.25, 0.3) is 5.91 Å². The summed E-state index contributed by atoms with van der Waals surface area (Å²) >= 11 is 0. The maximum Gasteiger partial charge on any atom is 0.253 e. The first kappa shape index (κ1) is 21.9. The van der Waals surface area contributed by atoms with E-state index in [1.165, 1.54) is 0 Å². The highest BCUT2D eigenvalue weighted by molar-refractivity contribution is 7.93. The fourth-order valence-corrected chi connectivity index (χ4v) is 5.53. The predicted octanol–water partition coefficient (Wildman–Crippen LogP) is 2.03. The zero-order chi connectivity index (χ0) is 23.2. The van der Waals surface area contributed by atoms with Gasteiger partial charge in [0, 0.05) is 37.4 Å². The molecular weight excluding hydrogens is 440 g/mol. The third kappa shape index (κ3) is 4.60. The van der Waals surface area contributed by atoms with Crippen LogP contribution in [0.4, 0.5) is 5.69 Å². The van der Waals surface area contributed by atoms with Gasteiger partial charge in [-0.15, -0.1) is 0 Å². The lowest BCUT2D eigenvalue weighted by Gasteiger charge is -2.36. The van der Waals surface area contributed by atoms with E-state index in [2.05, 4.69) is 4.72 Å². The minimum Gasteiger partial charge on any atom is -0.338 e. The average Bonchev–Trinajstić information content (AvgIpc) is 3.75. The van der Waals surface area contributed by atoms with Gasteiger partial charge in [0.2, 0.25) is 15.9 Å². The van der Waals surface area contributed by atoms with Gasteiger partial charge in [0.05, 0.1) is 10.8 Å². The summed E-state index contributed by atoms with van der Waals surface area (Å²) in [5, 5.41) is -0.281. The molecular formula is C24H28N4O4S. The van der Waals surface area contributed by atoms with Gasteiger partial charge in [-0.1, -0.05) is 24.3 Å². The highest BCUT2D eigenvalue weighted by Crippen LogP contribution is 2.34. The van der Waals surface area contributed by atoms with Gasteiger partial charge in [0.1, 0.15) is 0 Å². The van der Waals surface area contributed by atoms with Crippen molar-refractivity contribution in [2.75, 3.05) is 30.9 Å². The maximum atomic E-state index is 12.9. The van der Waals surface area contributed by atoms with Crippen LogP contribution in [0.2, 0.25) is 0 Å². The molecule has 2 amide bonds. The van der Waals surface area contributed by atoms with Crippen molar-refractivity contribution in [1.29, 1.82) is 0 Å². The van der Waals surface area contributed by atoms with E-state index in [0.29, 0.717) is 50.3 Å². The molecule has 2 aromatic rings. The predicted molar refractivity (Wildman–Crippen MR) is 126 cm³/mol. The molecule has 0 unspecified atom stereocenters. The van der Waals surface area contributed by atoms with Crippen LogP contribution in [0.1, 0.15) is 36.0 Å². The quantitative estimate of drug-likeness (QED) is 0.674. The lowest BCUT2D eigenvalue weighted by molar-refractivity contribution is -0.135. The van der Waals surface area contributed by atoms with Crippen LogP contribution in [-0.2, 0) is 14.8 Å². The van der Waals surface area contributed by atoms with Crippen molar-refractivity contribution in [3.8, 4) is 11.1 Å². The molecule has 1 saturated heterocycles. The summed E-state index contributed by atoms with van der Waals surface area (Å²) in [6.45, 7) is 1.99. The fourth-order valence-electron chi connectivity index (χ4n) is 4.15. The van der Waals surface area contributed by atoms with Crippen LogP contribution in [0.3, 0.4) is 0 Å². The third-order valence-corrected chi connectivity index (χ3v) is 8.49. The summed E-state index contributed by atoms with van der Waals surface area (Å²) in [6, 6.07) is 14.6. The average molecular weight is 469 g/mol.